The summed E-state index contributed by atoms with van der Waals surface area (Å²) in [5, 5.41) is 31.1. The second kappa shape index (κ2) is 12.9. The molecule has 1 aromatic heterocycles. The van der Waals surface area contributed by atoms with Crippen molar-refractivity contribution in [2.75, 3.05) is 47.3 Å². The van der Waals surface area contributed by atoms with Crippen molar-refractivity contribution in [3.05, 3.63) is 35.8 Å². The van der Waals surface area contributed by atoms with Crippen LogP contribution in [0.4, 0.5) is 0 Å². The van der Waals surface area contributed by atoms with Crippen molar-refractivity contribution in [1.82, 2.24) is 25.4 Å². The van der Waals surface area contributed by atoms with Gasteiger partial charge in [0.05, 0.1) is 13.2 Å². The molecule has 3 heterocycles. The Morgan fingerprint density at radius 3 is 2.72 bits per heavy atom. The third-order valence-corrected chi connectivity index (χ3v) is 5.30. The normalized spacial score (nSPS) is 20.0. The number of hydrogen-bond acceptors (Lipinski definition) is 8. The summed E-state index contributed by atoms with van der Waals surface area (Å²) in [6.45, 7) is 3.06. The number of aromatic nitrogens is 1. The largest absolute Gasteiger partial charge is 0.381 e. The van der Waals surface area contributed by atoms with E-state index in [9.17, 15) is 20.2 Å². The number of rotatable bonds is 6. The Kier molecular flexibility index (Phi) is 10.3. The number of guanidine groups is 2. The Morgan fingerprint density at radius 1 is 1.38 bits per heavy atom. The SMILES string of the molecule is CN/C(=N/[N+](=O)[O-])NCC1CCOC1.CN1COCN(Cc2cnc(Cl)s2)/C1=N/[N+](=O)[O-]. The van der Waals surface area contributed by atoms with Crippen molar-refractivity contribution in [2.24, 2.45) is 16.1 Å². The van der Waals surface area contributed by atoms with Crippen molar-refractivity contribution >= 4 is 34.9 Å². The first-order valence-electron chi connectivity index (χ1n) is 9.37. The van der Waals surface area contributed by atoms with Gasteiger partial charge in [-0.2, -0.15) is 0 Å². The molecule has 1 unspecified atom stereocenters. The van der Waals surface area contributed by atoms with Gasteiger partial charge in [-0.3, -0.25) is 0 Å². The van der Waals surface area contributed by atoms with Gasteiger partial charge in [0.25, 0.3) is 11.9 Å². The Balaban J connectivity index is 0.000000235. The predicted molar refractivity (Wildman–Crippen MR) is 116 cm³/mol. The maximum absolute atomic E-state index is 10.5. The highest BCUT2D eigenvalue weighted by Crippen LogP contribution is 2.20. The minimum Gasteiger partial charge on any atom is -0.381 e. The molecular formula is C15H24ClN9O6S. The van der Waals surface area contributed by atoms with Crippen molar-refractivity contribution in [1.29, 1.82) is 0 Å². The molecule has 1 aromatic rings. The number of nitrogens with zero attached hydrogens (tertiary/aromatic N) is 7. The van der Waals surface area contributed by atoms with E-state index in [1.165, 1.54) is 11.3 Å². The van der Waals surface area contributed by atoms with Crippen LogP contribution in [-0.4, -0.2) is 84.1 Å². The average Bonchev–Trinajstić information content (AvgIpc) is 3.39. The first-order chi connectivity index (χ1) is 15.3. The average molecular weight is 494 g/mol. The van der Waals surface area contributed by atoms with Gasteiger partial charge < -0.3 is 29.9 Å². The van der Waals surface area contributed by atoms with Crippen molar-refractivity contribution in [3.63, 3.8) is 0 Å². The van der Waals surface area contributed by atoms with Crippen LogP contribution >= 0.6 is 22.9 Å². The van der Waals surface area contributed by atoms with Gasteiger partial charge in [-0.15, -0.1) is 11.3 Å². The summed E-state index contributed by atoms with van der Waals surface area (Å²) in [5.74, 6) is 0.859. The summed E-state index contributed by atoms with van der Waals surface area (Å²) in [5.41, 5.74) is 0. The fraction of sp³-hybridized carbons (Fsp3) is 0.667. The van der Waals surface area contributed by atoms with Gasteiger partial charge in [0.1, 0.15) is 23.7 Å². The maximum atomic E-state index is 10.5. The number of halogens is 1. The van der Waals surface area contributed by atoms with Crippen LogP contribution in [0.3, 0.4) is 0 Å². The molecule has 0 radical (unpaired) electrons. The zero-order valence-corrected chi connectivity index (χ0v) is 19.0. The Morgan fingerprint density at radius 2 is 2.16 bits per heavy atom. The predicted octanol–water partition coefficient (Wildman–Crippen LogP) is 0.403. The molecule has 1 atom stereocenters. The van der Waals surface area contributed by atoms with E-state index in [-0.39, 0.29) is 25.4 Å². The summed E-state index contributed by atoms with van der Waals surface area (Å²) in [6.07, 6.45) is 2.62. The molecule has 32 heavy (non-hydrogen) atoms. The molecule has 0 bridgehead atoms. The fourth-order valence-electron chi connectivity index (χ4n) is 2.76. The van der Waals surface area contributed by atoms with Crippen molar-refractivity contribution < 1.29 is 19.5 Å². The lowest BCUT2D eigenvalue weighted by Gasteiger charge is -2.34. The molecule has 0 aromatic carbocycles. The summed E-state index contributed by atoms with van der Waals surface area (Å²) in [7, 11) is 3.26. The Hall–Kier alpha value is -2.82. The van der Waals surface area contributed by atoms with Crippen LogP contribution in [0, 0.1) is 26.1 Å². The van der Waals surface area contributed by atoms with Gasteiger partial charge in [0.2, 0.25) is 0 Å². The van der Waals surface area contributed by atoms with Crippen LogP contribution in [0.5, 0.6) is 0 Å². The monoisotopic (exact) mass is 493 g/mol. The third kappa shape index (κ3) is 8.74. The summed E-state index contributed by atoms with van der Waals surface area (Å²) >= 11 is 7.05. The first kappa shape index (κ1) is 25.4. The highest BCUT2D eigenvalue weighted by Gasteiger charge is 2.25. The molecule has 0 amide bonds. The standard InChI is InChI=1S/C8H10ClN5O3S.C7H14N4O3/c1-12-4-17-5-13(8(12)11-14(15)16)3-6-2-10-7(9)18-6;1-8-7(10-11(12)13)9-4-6-2-3-14-5-6/h2H,3-5H2,1H3;6H,2-5H2,1H3,(H2,8,9,10)/b11-8+;. The van der Waals surface area contributed by atoms with Crippen molar-refractivity contribution in [2.45, 2.75) is 13.0 Å². The van der Waals surface area contributed by atoms with E-state index >= 15 is 0 Å². The number of nitro groups is 2. The molecule has 2 aliphatic heterocycles. The van der Waals surface area contributed by atoms with Crippen LogP contribution in [0.2, 0.25) is 4.47 Å². The molecular weight excluding hydrogens is 470 g/mol. The molecule has 178 valence electrons. The Labute approximate surface area is 192 Å². The van der Waals surface area contributed by atoms with Gasteiger partial charge in [-0.25, -0.2) is 25.2 Å². The zero-order chi connectivity index (χ0) is 23.5. The summed E-state index contributed by atoms with van der Waals surface area (Å²) < 4.78 is 10.9. The van der Waals surface area contributed by atoms with Crippen molar-refractivity contribution in [3.8, 4) is 0 Å². The topological polar surface area (TPSA) is 173 Å². The molecule has 2 fully saturated rings. The van der Waals surface area contributed by atoms with E-state index < -0.39 is 10.1 Å². The number of hydrogen-bond donors (Lipinski definition) is 2. The Bertz CT molecular complexity index is 832. The van der Waals surface area contributed by atoms with E-state index in [1.807, 2.05) is 0 Å². The van der Waals surface area contributed by atoms with Crippen LogP contribution in [0.1, 0.15) is 11.3 Å². The molecule has 0 aliphatic carbocycles. The van der Waals surface area contributed by atoms with Crippen LogP contribution in [0.15, 0.2) is 16.4 Å². The minimum absolute atomic E-state index is 0.182. The fourth-order valence-corrected chi connectivity index (χ4v) is 3.75. The molecule has 0 saturated carbocycles. The number of ether oxygens (including phenoxy) is 2. The van der Waals surface area contributed by atoms with Gasteiger partial charge in [0, 0.05) is 44.2 Å². The molecule has 2 aliphatic rings. The lowest BCUT2D eigenvalue weighted by atomic mass is 10.1. The second-order valence-electron chi connectivity index (χ2n) is 6.62. The van der Waals surface area contributed by atoms with Gasteiger partial charge in [-0.05, 0) is 6.42 Å². The molecule has 15 nitrogen and oxygen atoms in total. The lowest BCUT2D eigenvalue weighted by Crippen LogP contribution is -2.49. The van der Waals surface area contributed by atoms with Crippen LogP contribution < -0.4 is 10.6 Å². The summed E-state index contributed by atoms with van der Waals surface area (Å²) in [6, 6.07) is 0. The van der Waals surface area contributed by atoms with Crippen LogP contribution in [0.25, 0.3) is 0 Å². The highest BCUT2D eigenvalue weighted by atomic mass is 35.5. The molecule has 17 heteroatoms. The van der Waals surface area contributed by atoms with Gasteiger partial charge in [0.15, 0.2) is 14.5 Å². The van der Waals surface area contributed by atoms with E-state index in [0.29, 0.717) is 30.1 Å². The molecule has 3 rings (SSSR count). The molecule has 2 N–H and O–H groups in total. The van der Waals surface area contributed by atoms with E-state index in [4.69, 9.17) is 21.1 Å². The molecule has 2 saturated heterocycles. The van der Waals surface area contributed by atoms with E-state index in [2.05, 4.69) is 25.8 Å². The quantitative estimate of drug-likeness (QED) is 0.243. The van der Waals surface area contributed by atoms with Gasteiger partial charge >= 0.3 is 0 Å². The van der Waals surface area contributed by atoms with Crippen LogP contribution in [-0.2, 0) is 16.0 Å². The second-order valence-corrected chi connectivity index (χ2v) is 8.32. The maximum Gasteiger partial charge on any atom is 0.277 e. The van der Waals surface area contributed by atoms with E-state index in [0.717, 1.165) is 17.9 Å². The number of nitrogens with one attached hydrogen (secondary N) is 2. The number of hydrazone groups is 2. The summed E-state index contributed by atoms with van der Waals surface area (Å²) in [4.78, 5) is 28.6. The molecule has 0 spiro atoms. The lowest BCUT2D eigenvalue weighted by molar-refractivity contribution is -0.486. The smallest absolute Gasteiger partial charge is 0.277 e. The van der Waals surface area contributed by atoms with E-state index in [1.54, 1.807) is 30.1 Å². The highest BCUT2D eigenvalue weighted by molar-refractivity contribution is 7.15. The third-order valence-electron chi connectivity index (χ3n) is 4.20. The van der Waals surface area contributed by atoms with Gasteiger partial charge in [-0.1, -0.05) is 11.6 Å². The number of thiazole rings is 1. The first-order valence-corrected chi connectivity index (χ1v) is 10.6. The zero-order valence-electron chi connectivity index (χ0n) is 17.5. The minimum atomic E-state index is -0.732.